The summed E-state index contributed by atoms with van der Waals surface area (Å²) in [6, 6.07) is 13.1. The van der Waals surface area contributed by atoms with Crippen LogP contribution in [0.5, 0.6) is 0 Å². The monoisotopic (exact) mass is 226 g/mol. The standard InChI is InChI=1S/C15H18N2/c1-16-10-14(12-6-4-3-5-7-12)13-8-9-17(2)15(13)11-16/h3-9,14H,10-11H2,1-2H3. The topological polar surface area (TPSA) is 8.17 Å². The molecule has 2 heteroatoms. The van der Waals surface area contributed by atoms with E-state index >= 15 is 0 Å². The SMILES string of the molecule is CN1Cc2c(ccn2C)C(c2ccccc2)C1. The van der Waals surface area contributed by atoms with Crippen molar-refractivity contribution in [2.75, 3.05) is 13.6 Å². The molecule has 0 radical (unpaired) electrons. The Kier molecular flexibility index (Phi) is 2.52. The van der Waals surface area contributed by atoms with Gasteiger partial charge >= 0.3 is 0 Å². The minimum atomic E-state index is 0.520. The number of fused-ring (bicyclic) bond motifs is 1. The van der Waals surface area contributed by atoms with Crippen molar-refractivity contribution < 1.29 is 0 Å². The summed E-state index contributed by atoms with van der Waals surface area (Å²) in [5.74, 6) is 0.520. The predicted octanol–water partition coefficient (Wildman–Crippen LogP) is 2.60. The van der Waals surface area contributed by atoms with Gasteiger partial charge in [-0.2, -0.15) is 0 Å². The highest BCUT2D eigenvalue weighted by Gasteiger charge is 2.26. The molecular weight excluding hydrogens is 208 g/mol. The van der Waals surface area contributed by atoms with E-state index in [-0.39, 0.29) is 0 Å². The molecule has 0 N–H and O–H groups in total. The van der Waals surface area contributed by atoms with Crippen molar-refractivity contribution in [2.45, 2.75) is 12.5 Å². The highest BCUT2D eigenvalue weighted by atomic mass is 15.1. The number of aryl methyl sites for hydroxylation is 1. The van der Waals surface area contributed by atoms with Crippen LogP contribution in [-0.2, 0) is 13.6 Å². The van der Waals surface area contributed by atoms with E-state index in [0.717, 1.165) is 13.1 Å². The minimum Gasteiger partial charge on any atom is -0.353 e. The van der Waals surface area contributed by atoms with E-state index < -0.39 is 0 Å². The summed E-state index contributed by atoms with van der Waals surface area (Å²) in [5, 5.41) is 0. The fourth-order valence-corrected chi connectivity index (χ4v) is 2.80. The maximum Gasteiger partial charge on any atom is 0.0387 e. The molecular formula is C15H18N2. The predicted molar refractivity (Wildman–Crippen MR) is 70.0 cm³/mol. The third kappa shape index (κ3) is 1.79. The van der Waals surface area contributed by atoms with Crippen LogP contribution < -0.4 is 0 Å². The van der Waals surface area contributed by atoms with Crippen LogP contribution in [0.15, 0.2) is 42.6 Å². The van der Waals surface area contributed by atoms with Crippen LogP contribution in [0.25, 0.3) is 0 Å². The van der Waals surface area contributed by atoms with Crippen LogP contribution in [-0.4, -0.2) is 23.1 Å². The average Bonchev–Trinajstić information content (AvgIpc) is 2.72. The van der Waals surface area contributed by atoms with Crippen molar-refractivity contribution in [3.63, 3.8) is 0 Å². The van der Waals surface area contributed by atoms with Crippen LogP contribution >= 0.6 is 0 Å². The van der Waals surface area contributed by atoms with Crippen LogP contribution in [0.2, 0.25) is 0 Å². The van der Waals surface area contributed by atoms with Gasteiger partial charge in [-0.05, 0) is 24.2 Å². The van der Waals surface area contributed by atoms with Gasteiger partial charge in [-0.15, -0.1) is 0 Å². The molecule has 0 aliphatic carbocycles. The molecule has 1 aliphatic rings. The lowest BCUT2D eigenvalue weighted by Gasteiger charge is -2.31. The number of aromatic nitrogens is 1. The second kappa shape index (κ2) is 4.04. The van der Waals surface area contributed by atoms with E-state index in [1.165, 1.54) is 16.8 Å². The second-order valence-electron chi connectivity index (χ2n) is 4.99. The first-order valence-corrected chi connectivity index (χ1v) is 6.13. The third-order valence-electron chi connectivity index (χ3n) is 3.73. The lowest BCUT2D eigenvalue weighted by atomic mass is 9.88. The van der Waals surface area contributed by atoms with E-state index in [1.54, 1.807) is 0 Å². The van der Waals surface area contributed by atoms with Crippen LogP contribution in [0.1, 0.15) is 22.7 Å². The average molecular weight is 226 g/mol. The zero-order chi connectivity index (χ0) is 11.8. The number of benzene rings is 1. The molecule has 1 aromatic heterocycles. The molecule has 1 atom stereocenters. The Hall–Kier alpha value is -1.54. The Labute approximate surface area is 102 Å². The number of hydrogen-bond acceptors (Lipinski definition) is 1. The molecule has 2 nitrogen and oxygen atoms in total. The van der Waals surface area contributed by atoms with Crippen LogP contribution in [0.3, 0.4) is 0 Å². The van der Waals surface area contributed by atoms with Gasteiger partial charge in [0.2, 0.25) is 0 Å². The smallest absolute Gasteiger partial charge is 0.0387 e. The van der Waals surface area contributed by atoms with Crippen molar-refractivity contribution in [1.29, 1.82) is 0 Å². The van der Waals surface area contributed by atoms with Crippen molar-refractivity contribution in [1.82, 2.24) is 9.47 Å². The molecule has 0 spiro atoms. The molecule has 17 heavy (non-hydrogen) atoms. The van der Waals surface area contributed by atoms with E-state index in [9.17, 15) is 0 Å². The van der Waals surface area contributed by atoms with Crippen molar-refractivity contribution in [3.05, 3.63) is 59.4 Å². The van der Waals surface area contributed by atoms with E-state index in [4.69, 9.17) is 0 Å². The van der Waals surface area contributed by atoms with Crippen molar-refractivity contribution in [3.8, 4) is 0 Å². The van der Waals surface area contributed by atoms with Gasteiger partial charge in [0, 0.05) is 37.9 Å². The maximum atomic E-state index is 2.40. The van der Waals surface area contributed by atoms with Gasteiger partial charge in [0.05, 0.1) is 0 Å². The molecule has 88 valence electrons. The van der Waals surface area contributed by atoms with E-state index in [2.05, 4.69) is 66.2 Å². The minimum absolute atomic E-state index is 0.520. The molecule has 2 aromatic rings. The highest BCUT2D eigenvalue weighted by Crippen LogP contribution is 2.33. The Morgan fingerprint density at radius 1 is 1.06 bits per heavy atom. The molecule has 2 heterocycles. The number of hydrogen-bond donors (Lipinski definition) is 0. The van der Waals surface area contributed by atoms with Crippen molar-refractivity contribution >= 4 is 0 Å². The first-order valence-electron chi connectivity index (χ1n) is 6.13. The van der Waals surface area contributed by atoms with Gasteiger partial charge in [-0.1, -0.05) is 30.3 Å². The molecule has 0 amide bonds. The number of rotatable bonds is 1. The first-order chi connectivity index (χ1) is 8.25. The maximum absolute atomic E-state index is 2.40. The Bertz CT molecular complexity index is 513. The summed E-state index contributed by atoms with van der Waals surface area (Å²) in [5.41, 5.74) is 4.37. The fraction of sp³-hybridized carbons (Fsp3) is 0.333. The lowest BCUT2D eigenvalue weighted by molar-refractivity contribution is 0.287. The molecule has 0 bridgehead atoms. The third-order valence-corrected chi connectivity index (χ3v) is 3.73. The van der Waals surface area contributed by atoms with Gasteiger partial charge in [-0.25, -0.2) is 0 Å². The first kappa shape index (κ1) is 10.6. The van der Waals surface area contributed by atoms with Gasteiger partial charge in [0.25, 0.3) is 0 Å². The normalized spacial score (nSPS) is 20.2. The Morgan fingerprint density at radius 3 is 2.59 bits per heavy atom. The summed E-state index contributed by atoms with van der Waals surface area (Å²) in [4.78, 5) is 2.40. The van der Waals surface area contributed by atoms with Gasteiger partial charge in [-0.3, -0.25) is 4.90 Å². The summed E-state index contributed by atoms with van der Waals surface area (Å²) >= 11 is 0. The van der Waals surface area contributed by atoms with Crippen molar-refractivity contribution in [2.24, 2.45) is 7.05 Å². The van der Waals surface area contributed by atoms with Crippen LogP contribution in [0, 0.1) is 0 Å². The molecule has 1 unspecified atom stereocenters. The zero-order valence-electron chi connectivity index (χ0n) is 10.4. The molecule has 0 saturated carbocycles. The number of nitrogens with zero attached hydrogens (tertiary/aromatic N) is 2. The fourth-order valence-electron chi connectivity index (χ4n) is 2.80. The summed E-state index contributed by atoms with van der Waals surface area (Å²) < 4.78 is 2.25. The summed E-state index contributed by atoms with van der Waals surface area (Å²) in [7, 11) is 4.34. The molecule has 1 aromatic carbocycles. The largest absolute Gasteiger partial charge is 0.353 e. The molecule has 0 fully saturated rings. The number of likely N-dealkylation sites (N-methyl/N-ethyl adjacent to an activating group) is 1. The molecule has 3 rings (SSSR count). The zero-order valence-corrected chi connectivity index (χ0v) is 10.4. The second-order valence-corrected chi connectivity index (χ2v) is 4.99. The lowest BCUT2D eigenvalue weighted by Crippen LogP contribution is -2.31. The van der Waals surface area contributed by atoms with Crippen LogP contribution in [0.4, 0.5) is 0 Å². The summed E-state index contributed by atoms with van der Waals surface area (Å²) in [6.45, 7) is 2.17. The Balaban J connectivity index is 2.07. The van der Waals surface area contributed by atoms with E-state index in [1.807, 2.05) is 0 Å². The van der Waals surface area contributed by atoms with Gasteiger partial charge in [0.1, 0.15) is 0 Å². The van der Waals surface area contributed by atoms with Gasteiger partial charge in [0.15, 0.2) is 0 Å². The molecule has 0 saturated heterocycles. The molecule has 1 aliphatic heterocycles. The Morgan fingerprint density at radius 2 is 1.82 bits per heavy atom. The quantitative estimate of drug-likeness (QED) is 0.725. The van der Waals surface area contributed by atoms with E-state index in [0.29, 0.717) is 5.92 Å². The highest BCUT2D eigenvalue weighted by molar-refractivity contribution is 5.38. The summed E-state index contributed by atoms with van der Waals surface area (Å²) in [6.07, 6.45) is 2.18. The van der Waals surface area contributed by atoms with Gasteiger partial charge < -0.3 is 4.57 Å².